The summed E-state index contributed by atoms with van der Waals surface area (Å²) in [4.78, 5) is 32.1. The van der Waals surface area contributed by atoms with Crippen molar-refractivity contribution in [2.45, 2.75) is 65.0 Å². The molecule has 2 amide bonds. The second-order valence-electron chi connectivity index (χ2n) is 9.88. The molecule has 0 radical (unpaired) electrons. The number of rotatable bonds is 8. The summed E-state index contributed by atoms with van der Waals surface area (Å²) in [5.74, 6) is -0.986. The molecule has 0 aliphatic heterocycles. The lowest BCUT2D eigenvalue weighted by atomic mass is 9.98. The van der Waals surface area contributed by atoms with Crippen molar-refractivity contribution in [3.8, 4) is 0 Å². The maximum atomic E-state index is 14.3. The van der Waals surface area contributed by atoms with Crippen LogP contribution in [0.3, 0.4) is 0 Å². The summed E-state index contributed by atoms with van der Waals surface area (Å²) < 4.78 is 20.6. The highest BCUT2D eigenvalue weighted by molar-refractivity contribution is 9.10. The van der Waals surface area contributed by atoms with Gasteiger partial charge in [0, 0.05) is 34.7 Å². The zero-order chi connectivity index (χ0) is 25.0. The van der Waals surface area contributed by atoms with Gasteiger partial charge in [-0.05, 0) is 69.5 Å². The fourth-order valence-electron chi connectivity index (χ4n) is 3.89. The number of nitrogens with one attached hydrogen (secondary N) is 1. The highest BCUT2D eigenvalue weighted by atomic mass is 79.9. The van der Waals surface area contributed by atoms with Crippen LogP contribution in [-0.2, 0) is 9.53 Å². The fourth-order valence-corrected chi connectivity index (χ4v) is 4.16. The molecule has 1 fully saturated rings. The van der Waals surface area contributed by atoms with Gasteiger partial charge in [-0.1, -0.05) is 36.2 Å². The molecule has 1 aliphatic carbocycles. The Morgan fingerprint density at radius 2 is 1.94 bits per heavy atom. The van der Waals surface area contributed by atoms with E-state index in [4.69, 9.17) is 4.74 Å². The van der Waals surface area contributed by atoms with Crippen LogP contribution in [0.5, 0.6) is 0 Å². The van der Waals surface area contributed by atoms with E-state index in [1.54, 1.807) is 17.2 Å². The molecule has 0 bridgehead atoms. The molecule has 2 aromatic rings. The molecule has 4 atom stereocenters. The maximum Gasteiger partial charge on any atom is 0.407 e. The Kier molecular flexibility index (Phi) is 8.34. The van der Waals surface area contributed by atoms with Crippen molar-refractivity contribution in [1.29, 1.82) is 0 Å². The van der Waals surface area contributed by atoms with Crippen molar-refractivity contribution >= 4 is 33.6 Å². The highest BCUT2D eigenvalue weighted by Crippen LogP contribution is 2.49. The molecule has 1 saturated carbocycles. The van der Waals surface area contributed by atoms with Gasteiger partial charge in [-0.15, -0.1) is 0 Å². The third kappa shape index (κ3) is 6.78. The van der Waals surface area contributed by atoms with Crippen LogP contribution in [0.25, 0.3) is 0 Å². The summed E-state index contributed by atoms with van der Waals surface area (Å²) in [6, 6.07) is 10.1. The first-order valence-corrected chi connectivity index (χ1v) is 12.5. The summed E-state index contributed by atoms with van der Waals surface area (Å²) in [5.41, 5.74) is 0.431. The quantitative estimate of drug-likeness (QED) is 0.447. The van der Waals surface area contributed by atoms with Gasteiger partial charge in [-0.3, -0.25) is 9.78 Å². The normalized spacial score (nSPS) is 19.1. The smallest absolute Gasteiger partial charge is 0.407 e. The largest absolute Gasteiger partial charge is 0.444 e. The molecule has 2 unspecified atom stereocenters. The monoisotopic (exact) mass is 533 g/mol. The number of halogens is 2. The van der Waals surface area contributed by atoms with Gasteiger partial charge < -0.3 is 15.0 Å². The number of carbonyl (C=O) groups is 2. The van der Waals surface area contributed by atoms with Crippen LogP contribution in [0, 0.1) is 17.7 Å². The molecule has 1 heterocycles. The van der Waals surface area contributed by atoms with Gasteiger partial charge in [-0.2, -0.15) is 0 Å². The van der Waals surface area contributed by atoms with Crippen molar-refractivity contribution < 1.29 is 18.7 Å². The van der Waals surface area contributed by atoms with E-state index in [2.05, 4.69) is 26.2 Å². The summed E-state index contributed by atoms with van der Waals surface area (Å²) in [6.45, 7) is 9.80. The Balaban J connectivity index is 1.84. The molecule has 0 spiro atoms. The number of hydrogen-bond donors (Lipinski definition) is 1. The fraction of sp³-hybridized carbons (Fsp3) is 0.500. The Morgan fingerprint density at radius 1 is 1.26 bits per heavy atom. The van der Waals surface area contributed by atoms with E-state index >= 15 is 0 Å². The van der Waals surface area contributed by atoms with Crippen molar-refractivity contribution in [2.24, 2.45) is 11.8 Å². The van der Waals surface area contributed by atoms with Gasteiger partial charge in [0.25, 0.3) is 0 Å². The molecule has 3 rings (SSSR count). The zero-order valence-electron chi connectivity index (χ0n) is 20.3. The maximum absolute atomic E-state index is 14.3. The van der Waals surface area contributed by atoms with Gasteiger partial charge in [-0.25, -0.2) is 9.18 Å². The standard InChI is InChI=1S/C26H33BrFN3O3/c1-6-16(2)22(30-25(33)34-26(3,4)5)15-31(18-11-9-17(27)10-12-18)24(32)20-14-19(20)23-21(28)8-7-13-29-23/h7-13,16,19-20,22H,6,14-15H2,1-5H3,(H,30,33)/t16-,19?,20?,22+/m0/s1. The molecule has 1 aliphatic rings. The third-order valence-corrected chi connectivity index (χ3v) is 6.59. The zero-order valence-corrected chi connectivity index (χ0v) is 21.9. The topological polar surface area (TPSA) is 71.5 Å². The minimum absolute atomic E-state index is 0.0986. The van der Waals surface area contributed by atoms with Crippen molar-refractivity contribution in [3.63, 3.8) is 0 Å². The van der Waals surface area contributed by atoms with Gasteiger partial charge >= 0.3 is 6.09 Å². The average Bonchev–Trinajstić information content (AvgIpc) is 3.56. The number of pyridine rings is 1. The summed E-state index contributed by atoms with van der Waals surface area (Å²) in [5, 5.41) is 2.97. The number of hydrogen-bond acceptors (Lipinski definition) is 4. The first-order valence-electron chi connectivity index (χ1n) is 11.7. The summed E-state index contributed by atoms with van der Waals surface area (Å²) >= 11 is 3.44. The van der Waals surface area contributed by atoms with E-state index in [1.165, 1.54) is 6.07 Å². The predicted molar refractivity (Wildman–Crippen MR) is 134 cm³/mol. The van der Waals surface area contributed by atoms with E-state index in [0.29, 0.717) is 12.1 Å². The molecule has 8 heteroatoms. The highest BCUT2D eigenvalue weighted by Gasteiger charge is 2.48. The molecule has 1 aromatic carbocycles. The van der Waals surface area contributed by atoms with Crippen LogP contribution in [-0.4, -0.2) is 35.2 Å². The SMILES string of the molecule is CC[C@H](C)[C@@H](CN(C(=O)C1CC1c1ncccc1F)c1ccc(Br)cc1)NC(=O)OC(C)(C)C. The number of anilines is 1. The molecular weight excluding hydrogens is 501 g/mol. The minimum Gasteiger partial charge on any atom is -0.444 e. The Hall–Kier alpha value is -2.48. The van der Waals surface area contributed by atoms with E-state index in [-0.39, 0.29) is 42.1 Å². The second-order valence-corrected chi connectivity index (χ2v) is 10.8. The molecule has 1 N–H and O–H groups in total. The van der Waals surface area contributed by atoms with Gasteiger partial charge in [0.2, 0.25) is 5.91 Å². The Labute approximate surface area is 209 Å². The second kappa shape index (κ2) is 10.8. The molecular formula is C26H33BrFN3O3. The number of carbonyl (C=O) groups excluding carboxylic acids is 2. The number of ether oxygens (including phenoxy) is 1. The molecule has 184 valence electrons. The lowest BCUT2D eigenvalue weighted by molar-refractivity contribution is -0.120. The van der Waals surface area contributed by atoms with Crippen LogP contribution < -0.4 is 10.2 Å². The number of nitrogens with zero attached hydrogens (tertiary/aromatic N) is 2. The van der Waals surface area contributed by atoms with E-state index < -0.39 is 11.7 Å². The Bertz CT molecular complexity index is 1010. The van der Waals surface area contributed by atoms with Gasteiger partial charge in [0.15, 0.2) is 0 Å². The molecule has 0 saturated heterocycles. The van der Waals surface area contributed by atoms with Crippen LogP contribution in [0.1, 0.15) is 59.1 Å². The minimum atomic E-state index is -0.626. The summed E-state index contributed by atoms with van der Waals surface area (Å²) in [6.07, 6.45) is 2.40. The third-order valence-electron chi connectivity index (χ3n) is 6.06. The van der Waals surface area contributed by atoms with E-state index in [0.717, 1.165) is 16.6 Å². The predicted octanol–water partition coefficient (Wildman–Crippen LogP) is 6.06. The van der Waals surface area contributed by atoms with Crippen LogP contribution in [0.4, 0.5) is 14.9 Å². The lowest BCUT2D eigenvalue weighted by Crippen LogP contribution is -2.50. The average molecular weight is 534 g/mol. The van der Waals surface area contributed by atoms with Crippen LogP contribution >= 0.6 is 15.9 Å². The summed E-state index contributed by atoms with van der Waals surface area (Å²) in [7, 11) is 0. The Morgan fingerprint density at radius 3 is 2.53 bits per heavy atom. The molecule has 6 nitrogen and oxygen atoms in total. The van der Waals surface area contributed by atoms with Gasteiger partial charge in [0.1, 0.15) is 11.4 Å². The number of alkyl carbamates (subject to hydrolysis) is 1. The van der Waals surface area contributed by atoms with Crippen molar-refractivity contribution in [1.82, 2.24) is 10.3 Å². The van der Waals surface area contributed by atoms with Crippen molar-refractivity contribution in [2.75, 3.05) is 11.4 Å². The number of amides is 2. The first kappa shape index (κ1) is 26.1. The van der Waals surface area contributed by atoms with E-state index in [9.17, 15) is 14.0 Å². The van der Waals surface area contributed by atoms with Gasteiger partial charge in [0.05, 0.1) is 11.7 Å². The number of aromatic nitrogens is 1. The first-order chi connectivity index (χ1) is 16.0. The lowest BCUT2D eigenvalue weighted by Gasteiger charge is -2.32. The van der Waals surface area contributed by atoms with Crippen LogP contribution in [0.15, 0.2) is 47.1 Å². The van der Waals surface area contributed by atoms with Crippen LogP contribution in [0.2, 0.25) is 0 Å². The molecule has 34 heavy (non-hydrogen) atoms. The van der Waals surface area contributed by atoms with Crippen molar-refractivity contribution in [3.05, 3.63) is 58.6 Å². The van der Waals surface area contributed by atoms with E-state index in [1.807, 2.05) is 58.9 Å². The number of benzene rings is 1. The molecule has 1 aromatic heterocycles.